The number of aromatic nitrogens is 2. The number of nitrogens with zero attached hydrogens (tertiary/aromatic N) is 1. The van der Waals surface area contributed by atoms with Crippen LogP contribution in [0, 0.1) is 0 Å². The molecular formula is C15H13N3O3. The number of benzene rings is 2. The lowest BCUT2D eigenvalue weighted by atomic mass is 10.2. The first kappa shape index (κ1) is 13.0. The van der Waals surface area contributed by atoms with Gasteiger partial charge in [-0.1, -0.05) is 18.2 Å². The molecule has 0 spiro atoms. The number of anilines is 2. The topological polar surface area (TPSA) is 87.1 Å². The lowest BCUT2D eigenvalue weighted by Gasteiger charge is -2.06. The van der Waals surface area contributed by atoms with Crippen LogP contribution in [0.5, 0.6) is 0 Å². The smallest absolute Gasteiger partial charge is 0.327 e. The molecule has 0 fully saturated rings. The summed E-state index contributed by atoms with van der Waals surface area (Å²) in [7, 11) is 0. The second-order valence-corrected chi connectivity index (χ2v) is 4.63. The number of fused-ring (bicyclic) bond motifs is 1. The molecule has 3 N–H and O–H groups in total. The van der Waals surface area contributed by atoms with Crippen molar-refractivity contribution in [1.82, 2.24) is 9.55 Å². The van der Waals surface area contributed by atoms with E-state index in [4.69, 9.17) is 5.11 Å². The normalized spacial score (nSPS) is 10.7. The van der Waals surface area contributed by atoms with E-state index < -0.39 is 11.7 Å². The molecule has 2 aromatic carbocycles. The number of hydrogen-bond acceptors (Lipinski definition) is 3. The predicted molar refractivity (Wildman–Crippen MR) is 79.9 cm³/mol. The Morgan fingerprint density at radius 3 is 2.62 bits per heavy atom. The van der Waals surface area contributed by atoms with Crippen LogP contribution in [0.25, 0.3) is 11.0 Å². The van der Waals surface area contributed by atoms with Crippen molar-refractivity contribution in [2.24, 2.45) is 0 Å². The van der Waals surface area contributed by atoms with Crippen molar-refractivity contribution in [3.05, 3.63) is 59.0 Å². The number of H-pyrrole nitrogens is 1. The minimum absolute atomic E-state index is 0.357. The van der Waals surface area contributed by atoms with Gasteiger partial charge in [0.1, 0.15) is 6.54 Å². The minimum Gasteiger partial charge on any atom is -0.480 e. The summed E-state index contributed by atoms with van der Waals surface area (Å²) in [5, 5.41) is 12.1. The average molecular weight is 283 g/mol. The summed E-state index contributed by atoms with van der Waals surface area (Å²) in [6, 6.07) is 14.9. The van der Waals surface area contributed by atoms with Gasteiger partial charge in [-0.15, -0.1) is 0 Å². The van der Waals surface area contributed by atoms with Gasteiger partial charge >= 0.3 is 11.7 Å². The quantitative estimate of drug-likeness (QED) is 0.684. The fourth-order valence-electron chi connectivity index (χ4n) is 2.22. The van der Waals surface area contributed by atoms with Crippen LogP contribution in [-0.4, -0.2) is 20.6 Å². The highest BCUT2D eigenvalue weighted by molar-refractivity contribution is 5.82. The Hall–Kier alpha value is -3.02. The van der Waals surface area contributed by atoms with Gasteiger partial charge in [0.2, 0.25) is 0 Å². The minimum atomic E-state index is -1.05. The molecule has 1 heterocycles. The molecule has 3 aromatic rings. The van der Waals surface area contributed by atoms with Gasteiger partial charge in [-0.25, -0.2) is 4.79 Å². The van der Waals surface area contributed by atoms with Crippen molar-refractivity contribution in [3.8, 4) is 0 Å². The molecule has 6 heteroatoms. The van der Waals surface area contributed by atoms with E-state index >= 15 is 0 Å². The Morgan fingerprint density at radius 1 is 1.14 bits per heavy atom. The number of hydrogen-bond donors (Lipinski definition) is 3. The average Bonchev–Trinajstić information content (AvgIpc) is 2.75. The Balaban J connectivity index is 1.98. The number of aliphatic carboxylic acids is 1. The van der Waals surface area contributed by atoms with Crippen LogP contribution in [0.3, 0.4) is 0 Å². The van der Waals surface area contributed by atoms with Crippen LogP contribution in [-0.2, 0) is 11.3 Å². The Morgan fingerprint density at radius 2 is 1.90 bits per heavy atom. The first-order valence-corrected chi connectivity index (χ1v) is 6.40. The van der Waals surface area contributed by atoms with Gasteiger partial charge in [0.25, 0.3) is 0 Å². The van der Waals surface area contributed by atoms with E-state index in [2.05, 4.69) is 10.3 Å². The third kappa shape index (κ3) is 2.64. The van der Waals surface area contributed by atoms with Gasteiger partial charge in [0, 0.05) is 11.4 Å². The van der Waals surface area contributed by atoms with Crippen LogP contribution in [0.15, 0.2) is 53.3 Å². The van der Waals surface area contributed by atoms with E-state index in [0.29, 0.717) is 11.0 Å². The fraction of sp³-hybridized carbons (Fsp3) is 0.0667. The maximum Gasteiger partial charge on any atom is 0.327 e. The van der Waals surface area contributed by atoms with E-state index in [9.17, 15) is 9.59 Å². The molecule has 0 saturated carbocycles. The third-order valence-electron chi connectivity index (χ3n) is 3.13. The number of para-hydroxylation sites is 1. The maximum absolute atomic E-state index is 11.8. The number of carboxylic acid groups (broad SMARTS) is 1. The molecular weight excluding hydrogens is 270 g/mol. The molecule has 0 unspecified atom stereocenters. The van der Waals surface area contributed by atoms with Gasteiger partial charge in [-0.2, -0.15) is 0 Å². The van der Waals surface area contributed by atoms with Crippen molar-refractivity contribution in [2.45, 2.75) is 6.54 Å². The summed E-state index contributed by atoms with van der Waals surface area (Å²) < 4.78 is 1.20. The number of carboxylic acids is 1. The SMILES string of the molecule is O=C(O)Cn1c(=O)[nH]c2cc(Nc3ccccc3)ccc21. The van der Waals surface area contributed by atoms with Gasteiger partial charge in [0.05, 0.1) is 11.0 Å². The van der Waals surface area contributed by atoms with Gasteiger partial charge in [0.15, 0.2) is 0 Å². The van der Waals surface area contributed by atoms with Crippen molar-refractivity contribution >= 4 is 28.4 Å². The lowest BCUT2D eigenvalue weighted by molar-refractivity contribution is -0.137. The zero-order chi connectivity index (χ0) is 14.8. The van der Waals surface area contributed by atoms with Gasteiger partial charge in [-0.3, -0.25) is 9.36 Å². The standard InChI is InChI=1S/C15H13N3O3/c19-14(20)9-18-13-7-6-11(8-12(13)17-15(18)21)16-10-4-2-1-3-5-10/h1-8,16H,9H2,(H,17,21)(H,19,20). The van der Waals surface area contributed by atoms with Gasteiger partial charge in [-0.05, 0) is 30.3 Å². The number of carbonyl (C=O) groups is 1. The molecule has 0 aliphatic rings. The van der Waals surface area contributed by atoms with Crippen molar-refractivity contribution in [1.29, 1.82) is 0 Å². The summed E-state index contributed by atoms with van der Waals surface area (Å²) in [6.07, 6.45) is 0. The first-order valence-electron chi connectivity index (χ1n) is 6.40. The molecule has 0 aliphatic carbocycles. The van der Waals surface area contributed by atoms with Crippen LogP contribution in [0.4, 0.5) is 11.4 Å². The van der Waals surface area contributed by atoms with E-state index in [1.165, 1.54) is 4.57 Å². The van der Waals surface area contributed by atoms with E-state index in [0.717, 1.165) is 11.4 Å². The predicted octanol–water partition coefficient (Wildman–Crippen LogP) is 2.16. The molecule has 3 rings (SSSR count). The number of imidazole rings is 1. The molecule has 21 heavy (non-hydrogen) atoms. The van der Waals surface area contributed by atoms with E-state index in [1.807, 2.05) is 30.3 Å². The molecule has 1 aromatic heterocycles. The largest absolute Gasteiger partial charge is 0.480 e. The van der Waals surface area contributed by atoms with Crippen molar-refractivity contribution < 1.29 is 9.90 Å². The van der Waals surface area contributed by atoms with Crippen LogP contribution < -0.4 is 11.0 Å². The van der Waals surface area contributed by atoms with Crippen LogP contribution >= 0.6 is 0 Å². The molecule has 106 valence electrons. The molecule has 6 nitrogen and oxygen atoms in total. The Kier molecular flexibility index (Phi) is 3.19. The van der Waals surface area contributed by atoms with Crippen LogP contribution in [0.2, 0.25) is 0 Å². The highest BCUT2D eigenvalue weighted by Crippen LogP contribution is 2.20. The van der Waals surface area contributed by atoms with Crippen LogP contribution in [0.1, 0.15) is 0 Å². The zero-order valence-electron chi connectivity index (χ0n) is 11.0. The monoisotopic (exact) mass is 283 g/mol. The zero-order valence-corrected chi connectivity index (χ0v) is 11.0. The van der Waals surface area contributed by atoms with E-state index in [-0.39, 0.29) is 6.54 Å². The molecule has 0 atom stereocenters. The summed E-state index contributed by atoms with van der Waals surface area (Å²) in [5.74, 6) is -1.05. The number of rotatable bonds is 4. The highest BCUT2D eigenvalue weighted by atomic mass is 16.4. The van der Waals surface area contributed by atoms with Gasteiger partial charge < -0.3 is 15.4 Å². The first-order chi connectivity index (χ1) is 10.1. The Bertz CT molecular complexity index is 849. The highest BCUT2D eigenvalue weighted by Gasteiger charge is 2.10. The summed E-state index contributed by atoms with van der Waals surface area (Å²) in [5.41, 5.74) is 2.49. The summed E-state index contributed by atoms with van der Waals surface area (Å²) >= 11 is 0. The Labute approximate surface area is 119 Å². The summed E-state index contributed by atoms with van der Waals surface area (Å²) in [6.45, 7) is -0.357. The molecule has 0 bridgehead atoms. The molecule has 0 aliphatic heterocycles. The van der Waals surface area contributed by atoms with Crippen molar-refractivity contribution in [2.75, 3.05) is 5.32 Å². The summed E-state index contributed by atoms with van der Waals surface area (Å²) in [4.78, 5) is 25.2. The third-order valence-corrected chi connectivity index (χ3v) is 3.13. The van der Waals surface area contributed by atoms with Crippen molar-refractivity contribution in [3.63, 3.8) is 0 Å². The second kappa shape index (κ2) is 5.16. The molecule has 0 saturated heterocycles. The number of nitrogens with one attached hydrogen (secondary N) is 2. The molecule has 0 amide bonds. The second-order valence-electron chi connectivity index (χ2n) is 4.63. The molecule has 0 radical (unpaired) electrons. The van der Waals surface area contributed by atoms with E-state index in [1.54, 1.807) is 18.2 Å². The lowest BCUT2D eigenvalue weighted by Crippen LogP contribution is -2.21. The fourth-order valence-corrected chi connectivity index (χ4v) is 2.22. The maximum atomic E-state index is 11.8. The number of aromatic amines is 1.